The lowest BCUT2D eigenvalue weighted by Crippen LogP contribution is -2.40. The Hall–Kier alpha value is -1.12. The van der Waals surface area contributed by atoms with E-state index in [2.05, 4.69) is 105 Å². The minimum atomic E-state index is -1.66. The summed E-state index contributed by atoms with van der Waals surface area (Å²) in [6.45, 7) is 23.5. The van der Waals surface area contributed by atoms with Gasteiger partial charge in [0.1, 0.15) is 0 Å². The van der Waals surface area contributed by atoms with Crippen LogP contribution in [-0.4, -0.2) is 14.9 Å². The highest BCUT2D eigenvalue weighted by Crippen LogP contribution is 2.40. The summed E-state index contributed by atoms with van der Waals surface area (Å²) in [5.74, 6) is 0. The molecule has 0 bridgehead atoms. The highest BCUT2D eigenvalue weighted by Gasteiger charge is 2.36. The lowest BCUT2D eigenvalue weighted by atomic mass is 9.72. The molecule has 0 atom stereocenters. The first-order chi connectivity index (χ1) is 12.8. The summed E-state index contributed by atoms with van der Waals surface area (Å²) in [6, 6.07) is 0. The fourth-order valence-corrected chi connectivity index (χ4v) is 4.23. The lowest BCUT2D eigenvalue weighted by molar-refractivity contribution is 0.327. The first-order valence-electron chi connectivity index (χ1n) is 10.8. The summed E-state index contributed by atoms with van der Waals surface area (Å²) in [6.07, 6.45) is 17.1. The molecule has 0 saturated heterocycles. The summed E-state index contributed by atoms with van der Waals surface area (Å²) >= 11 is 0. The first kappa shape index (κ1) is 24.9. The Labute approximate surface area is 176 Å². The van der Waals surface area contributed by atoms with Gasteiger partial charge in [-0.25, -0.2) is 0 Å². The van der Waals surface area contributed by atoms with E-state index in [-0.39, 0.29) is 5.04 Å². The highest BCUT2D eigenvalue weighted by molar-refractivity contribution is 6.74. The molecule has 0 saturated carbocycles. The minimum absolute atomic E-state index is 0.261. The molecular weight excluding hydrogens is 356 g/mol. The molecular formula is C26H44OSi. The topological polar surface area (TPSA) is 9.23 Å². The van der Waals surface area contributed by atoms with Gasteiger partial charge in [0.2, 0.25) is 0 Å². The maximum atomic E-state index is 6.22. The Balaban J connectivity index is 2.66. The van der Waals surface area contributed by atoms with Gasteiger partial charge >= 0.3 is 0 Å². The normalized spacial score (nSPS) is 19.9. The molecule has 0 aromatic carbocycles. The van der Waals surface area contributed by atoms with Crippen molar-refractivity contribution < 1.29 is 4.43 Å². The monoisotopic (exact) mass is 400 g/mol. The SMILES string of the molecule is CC1=C(/C=C/C(C)=C/C=C\C(C)=C\CO[Si](C)(C)C(C)(C)C)C(C)(C)CCC1. The molecule has 1 nitrogen and oxygen atoms in total. The molecule has 0 unspecified atom stereocenters. The van der Waals surface area contributed by atoms with Crippen molar-refractivity contribution >= 4 is 8.32 Å². The summed E-state index contributed by atoms with van der Waals surface area (Å²) in [5, 5.41) is 0.261. The van der Waals surface area contributed by atoms with Gasteiger partial charge in [-0.1, -0.05) is 87.8 Å². The van der Waals surface area contributed by atoms with E-state index in [0.29, 0.717) is 12.0 Å². The third-order valence-corrected chi connectivity index (χ3v) is 10.9. The minimum Gasteiger partial charge on any atom is -0.413 e. The average molecular weight is 401 g/mol. The quantitative estimate of drug-likeness (QED) is 0.307. The molecule has 0 amide bonds. The fourth-order valence-electron chi connectivity index (χ4n) is 3.30. The van der Waals surface area contributed by atoms with Crippen LogP contribution in [0.25, 0.3) is 0 Å². The Morgan fingerprint density at radius 3 is 2.32 bits per heavy atom. The fraction of sp³-hybridized carbons (Fsp3) is 0.615. The van der Waals surface area contributed by atoms with Crippen LogP contribution in [0.2, 0.25) is 18.1 Å². The molecule has 1 rings (SSSR count). The third kappa shape index (κ3) is 7.71. The van der Waals surface area contributed by atoms with Gasteiger partial charge in [0, 0.05) is 0 Å². The van der Waals surface area contributed by atoms with E-state index in [4.69, 9.17) is 4.43 Å². The van der Waals surface area contributed by atoms with Crippen LogP contribution in [0.3, 0.4) is 0 Å². The molecule has 0 heterocycles. The van der Waals surface area contributed by atoms with Gasteiger partial charge in [-0.3, -0.25) is 0 Å². The Morgan fingerprint density at radius 1 is 1.11 bits per heavy atom. The van der Waals surface area contributed by atoms with Gasteiger partial charge in [-0.15, -0.1) is 0 Å². The van der Waals surface area contributed by atoms with Crippen LogP contribution in [0, 0.1) is 5.41 Å². The molecule has 158 valence electrons. The Bertz CT molecular complexity index is 676. The predicted molar refractivity (Wildman–Crippen MR) is 129 cm³/mol. The van der Waals surface area contributed by atoms with E-state index < -0.39 is 8.32 Å². The zero-order valence-corrected chi connectivity index (χ0v) is 21.2. The van der Waals surface area contributed by atoms with Crippen LogP contribution in [-0.2, 0) is 4.43 Å². The van der Waals surface area contributed by atoms with Gasteiger partial charge in [0.15, 0.2) is 8.32 Å². The molecule has 0 N–H and O–H groups in total. The van der Waals surface area contributed by atoms with Crippen LogP contribution in [0.4, 0.5) is 0 Å². The van der Waals surface area contributed by atoms with Crippen LogP contribution in [0.1, 0.15) is 74.7 Å². The van der Waals surface area contributed by atoms with E-state index in [0.717, 1.165) is 0 Å². The lowest BCUT2D eigenvalue weighted by Gasteiger charge is -2.35. The molecule has 0 aliphatic heterocycles. The molecule has 0 aromatic heterocycles. The molecule has 0 fully saturated rings. The van der Waals surface area contributed by atoms with Gasteiger partial charge in [-0.05, 0) is 69.2 Å². The Kier molecular flexibility index (Phi) is 8.96. The van der Waals surface area contributed by atoms with Gasteiger partial charge in [-0.2, -0.15) is 0 Å². The summed E-state index contributed by atoms with van der Waals surface area (Å²) < 4.78 is 6.22. The average Bonchev–Trinajstić information content (AvgIpc) is 2.52. The summed E-state index contributed by atoms with van der Waals surface area (Å²) in [7, 11) is -1.66. The maximum Gasteiger partial charge on any atom is 0.192 e. The number of hydrogen-bond donors (Lipinski definition) is 0. The smallest absolute Gasteiger partial charge is 0.192 e. The van der Waals surface area contributed by atoms with Crippen molar-refractivity contribution in [2.75, 3.05) is 6.61 Å². The van der Waals surface area contributed by atoms with Gasteiger partial charge in [0.25, 0.3) is 0 Å². The first-order valence-corrected chi connectivity index (χ1v) is 13.7. The van der Waals surface area contributed by atoms with Gasteiger partial charge < -0.3 is 4.43 Å². The molecule has 0 aromatic rings. The Morgan fingerprint density at radius 2 is 1.75 bits per heavy atom. The van der Waals surface area contributed by atoms with Crippen molar-refractivity contribution in [1.29, 1.82) is 0 Å². The second-order valence-electron chi connectivity index (χ2n) is 10.6. The van der Waals surface area contributed by atoms with Crippen LogP contribution >= 0.6 is 0 Å². The molecule has 2 heteroatoms. The van der Waals surface area contributed by atoms with Crippen molar-refractivity contribution in [3.05, 3.63) is 58.7 Å². The van der Waals surface area contributed by atoms with Crippen molar-refractivity contribution in [1.82, 2.24) is 0 Å². The second kappa shape index (κ2) is 10.1. The van der Waals surface area contributed by atoms with Crippen LogP contribution in [0.15, 0.2) is 58.7 Å². The highest BCUT2D eigenvalue weighted by atomic mass is 28.4. The second-order valence-corrected chi connectivity index (χ2v) is 15.4. The van der Waals surface area contributed by atoms with Crippen molar-refractivity contribution in [3.8, 4) is 0 Å². The summed E-state index contributed by atoms with van der Waals surface area (Å²) in [5.41, 5.74) is 5.91. The zero-order valence-electron chi connectivity index (χ0n) is 20.2. The van der Waals surface area contributed by atoms with E-state index in [1.165, 1.54) is 36.0 Å². The van der Waals surface area contributed by atoms with Crippen molar-refractivity contribution in [2.45, 2.75) is 92.8 Å². The van der Waals surface area contributed by atoms with E-state index in [1.54, 1.807) is 5.57 Å². The molecule has 1 aliphatic rings. The third-order valence-electron chi connectivity index (χ3n) is 6.43. The van der Waals surface area contributed by atoms with Crippen molar-refractivity contribution in [2.24, 2.45) is 5.41 Å². The number of rotatable bonds is 7. The zero-order chi connectivity index (χ0) is 21.6. The van der Waals surface area contributed by atoms with E-state index >= 15 is 0 Å². The van der Waals surface area contributed by atoms with E-state index in [9.17, 15) is 0 Å². The largest absolute Gasteiger partial charge is 0.413 e. The number of allylic oxidation sites excluding steroid dienone is 9. The molecule has 1 aliphatic carbocycles. The van der Waals surface area contributed by atoms with Crippen LogP contribution in [0.5, 0.6) is 0 Å². The summed E-state index contributed by atoms with van der Waals surface area (Å²) in [4.78, 5) is 0. The molecule has 0 radical (unpaired) electrons. The number of hydrogen-bond acceptors (Lipinski definition) is 1. The predicted octanol–water partition coefficient (Wildman–Crippen LogP) is 8.54. The van der Waals surface area contributed by atoms with E-state index in [1.807, 2.05) is 0 Å². The standard InChI is InChI=1S/C26H44OSi/c1-21(16-17-24-23(3)15-12-19-26(24,7)8)13-11-14-22(2)18-20-27-28(9,10)25(4,5)6/h11,13-14,16-18H,12,15,19-20H2,1-10H3/b14-11-,17-16+,21-13+,22-18+. The molecule has 28 heavy (non-hydrogen) atoms. The van der Waals surface area contributed by atoms with Crippen LogP contribution < -0.4 is 0 Å². The van der Waals surface area contributed by atoms with Gasteiger partial charge in [0.05, 0.1) is 6.61 Å². The molecule has 0 spiro atoms. The van der Waals surface area contributed by atoms with Crippen molar-refractivity contribution in [3.63, 3.8) is 0 Å². The maximum absolute atomic E-state index is 6.22.